The van der Waals surface area contributed by atoms with Gasteiger partial charge in [-0.3, -0.25) is 14.7 Å². The van der Waals surface area contributed by atoms with Crippen LogP contribution in [0.1, 0.15) is 5.56 Å². The lowest BCUT2D eigenvalue weighted by molar-refractivity contribution is -0.117. The molecule has 0 aliphatic rings. The highest BCUT2D eigenvalue weighted by molar-refractivity contribution is 5.92. The van der Waals surface area contributed by atoms with Gasteiger partial charge in [0, 0.05) is 24.6 Å². The fraction of sp³-hybridized carbons (Fsp3) is 0.182. The molecule has 138 valence electrons. The highest BCUT2D eigenvalue weighted by atomic mass is 16.5. The van der Waals surface area contributed by atoms with Crippen molar-refractivity contribution in [1.29, 1.82) is 0 Å². The summed E-state index contributed by atoms with van der Waals surface area (Å²) in [5, 5.41) is 2.92. The number of likely N-dealkylation sites (N-methyl/N-ethyl adjacent to an activating group) is 1. The van der Waals surface area contributed by atoms with Crippen LogP contribution in [0.15, 0.2) is 79.1 Å². The number of amides is 1. The maximum atomic E-state index is 12.2. The van der Waals surface area contributed by atoms with E-state index in [1.807, 2.05) is 78.7 Å². The number of aromatic nitrogens is 1. The monoisotopic (exact) mass is 361 g/mol. The maximum absolute atomic E-state index is 12.2. The average Bonchev–Trinajstić information content (AvgIpc) is 2.69. The summed E-state index contributed by atoms with van der Waals surface area (Å²) in [4.78, 5) is 18.2. The topological polar surface area (TPSA) is 54.5 Å². The number of para-hydroxylation sites is 1. The van der Waals surface area contributed by atoms with Gasteiger partial charge in [-0.1, -0.05) is 18.2 Å². The molecular formula is C22H23N3O2. The summed E-state index contributed by atoms with van der Waals surface area (Å²) in [7, 11) is 1.94. The number of carbonyl (C=O) groups is 1. The van der Waals surface area contributed by atoms with Gasteiger partial charge in [0.1, 0.15) is 11.5 Å². The van der Waals surface area contributed by atoms with Crippen molar-refractivity contribution in [2.75, 3.05) is 25.5 Å². The third kappa shape index (κ3) is 6.24. The zero-order valence-electron chi connectivity index (χ0n) is 15.3. The Kier molecular flexibility index (Phi) is 6.55. The van der Waals surface area contributed by atoms with Gasteiger partial charge in [-0.25, -0.2) is 0 Å². The van der Waals surface area contributed by atoms with Crippen molar-refractivity contribution in [1.82, 2.24) is 9.88 Å². The number of ether oxygens (including phenoxy) is 1. The minimum atomic E-state index is -0.0380. The molecule has 1 heterocycles. The van der Waals surface area contributed by atoms with Gasteiger partial charge in [0.2, 0.25) is 5.91 Å². The normalized spacial score (nSPS) is 10.6. The maximum Gasteiger partial charge on any atom is 0.238 e. The van der Waals surface area contributed by atoms with Gasteiger partial charge in [-0.05, 0) is 67.6 Å². The molecule has 0 fully saturated rings. The standard InChI is InChI=1S/C22H23N3O2/c1-25(16-13-18-11-14-23-15-12-18)17-22(26)24-19-7-9-21(10-8-19)27-20-5-3-2-4-6-20/h2-12,14-15H,13,16-17H2,1H3,(H,24,26). The average molecular weight is 361 g/mol. The number of anilines is 1. The molecule has 0 aliphatic carbocycles. The Morgan fingerprint density at radius 2 is 1.63 bits per heavy atom. The fourth-order valence-electron chi connectivity index (χ4n) is 2.63. The van der Waals surface area contributed by atoms with Gasteiger partial charge in [-0.2, -0.15) is 0 Å². The number of hydrogen-bond acceptors (Lipinski definition) is 4. The molecule has 0 bridgehead atoms. The molecule has 0 unspecified atom stereocenters. The van der Waals surface area contributed by atoms with Crippen LogP contribution in [0.2, 0.25) is 0 Å². The van der Waals surface area contributed by atoms with Crippen LogP contribution in [0.4, 0.5) is 5.69 Å². The minimum Gasteiger partial charge on any atom is -0.457 e. The zero-order chi connectivity index (χ0) is 18.9. The molecule has 1 amide bonds. The smallest absolute Gasteiger partial charge is 0.238 e. The third-order valence-corrected chi connectivity index (χ3v) is 4.06. The Hall–Kier alpha value is -3.18. The largest absolute Gasteiger partial charge is 0.457 e. The van der Waals surface area contributed by atoms with Gasteiger partial charge in [0.05, 0.1) is 6.54 Å². The van der Waals surface area contributed by atoms with Crippen molar-refractivity contribution in [2.45, 2.75) is 6.42 Å². The number of nitrogens with zero attached hydrogens (tertiary/aromatic N) is 2. The van der Waals surface area contributed by atoms with Crippen LogP contribution in [0.25, 0.3) is 0 Å². The van der Waals surface area contributed by atoms with Crippen molar-refractivity contribution in [3.05, 3.63) is 84.7 Å². The molecule has 0 aliphatic heterocycles. The second-order valence-electron chi connectivity index (χ2n) is 6.33. The molecule has 1 aromatic heterocycles. The van der Waals surface area contributed by atoms with E-state index in [0.29, 0.717) is 6.54 Å². The molecule has 2 aromatic carbocycles. The molecule has 0 radical (unpaired) electrons. The Morgan fingerprint density at radius 1 is 0.963 bits per heavy atom. The number of nitrogens with one attached hydrogen (secondary N) is 1. The summed E-state index contributed by atoms with van der Waals surface area (Å²) >= 11 is 0. The molecule has 3 rings (SSSR count). The van der Waals surface area contributed by atoms with E-state index >= 15 is 0 Å². The Bertz CT molecular complexity index is 836. The first-order chi connectivity index (χ1) is 13.2. The van der Waals surface area contributed by atoms with Gasteiger partial charge >= 0.3 is 0 Å². The number of benzene rings is 2. The van der Waals surface area contributed by atoms with Crippen molar-refractivity contribution in [2.24, 2.45) is 0 Å². The van der Waals surface area contributed by atoms with Gasteiger partial charge in [-0.15, -0.1) is 0 Å². The van der Waals surface area contributed by atoms with E-state index in [1.165, 1.54) is 5.56 Å². The number of hydrogen-bond donors (Lipinski definition) is 1. The molecule has 5 heteroatoms. The zero-order valence-corrected chi connectivity index (χ0v) is 15.3. The van der Waals surface area contributed by atoms with Crippen LogP contribution in [0, 0.1) is 0 Å². The van der Waals surface area contributed by atoms with E-state index in [2.05, 4.69) is 10.3 Å². The number of pyridine rings is 1. The number of carbonyl (C=O) groups excluding carboxylic acids is 1. The first-order valence-corrected chi connectivity index (χ1v) is 8.89. The van der Waals surface area contributed by atoms with Crippen molar-refractivity contribution in [3.8, 4) is 11.5 Å². The second kappa shape index (κ2) is 9.50. The third-order valence-electron chi connectivity index (χ3n) is 4.06. The lowest BCUT2D eigenvalue weighted by atomic mass is 10.2. The Morgan fingerprint density at radius 3 is 2.33 bits per heavy atom. The van der Waals surface area contributed by atoms with Crippen molar-refractivity contribution >= 4 is 11.6 Å². The summed E-state index contributed by atoms with van der Waals surface area (Å²) in [6.07, 6.45) is 4.46. The van der Waals surface area contributed by atoms with E-state index in [4.69, 9.17) is 4.74 Å². The van der Waals surface area contributed by atoms with E-state index in [1.54, 1.807) is 12.4 Å². The summed E-state index contributed by atoms with van der Waals surface area (Å²) in [6, 6.07) is 20.9. The summed E-state index contributed by atoms with van der Waals surface area (Å²) in [5.41, 5.74) is 1.97. The first-order valence-electron chi connectivity index (χ1n) is 8.89. The predicted molar refractivity (Wildman–Crippen MR) is 107 cm³/mol. The van der Waals surface area contributed by atoms with Crippen molar-refractivity contribution < 1.29 is 9.53 Å². The van der Waals surface area contributed by atoms with Crippen LogP contribution in [0.3, 0.4) is 0 Å². The van der Waals surface area contributed by atoms with Crippen LogP contribution in [0.5, 0.6) is 11.5 Å². The Labute approximate surface area is 159 Å². The molecule has 5 nitrogen and oxygen atoms in total. The quantitative estimate of drug-likeness (QED) is 0.659. The molecule has 27 heavy (non-hydrogen) atoms. The molecule has 0 saturated heterocycles. The van der Waals surface area contributed by atoms with Gasteiger partial charge in [0.15, 0.2) is 0 Å². The summed E-state index contributed by atoms with van der Waals surface area (Å²) in [5.74, 6) is 1.47. The van der Waals surface area contributed by atoms with E-state index in [-0.39, 0.29) is 5.91 Å². The molecule has 0 spiro atoms. The molecule has 0 saturated carbocycles. The summed E-state index contributed by atoms with van der Waals surface area (Å²) < 4.78 is 5.75. The fourth-order valence-corrected chi connectivity index (χ4v) is 2.63. The molecule has 3 aromatic rings. The SMILES string of the molecule is CN(CCc1ccncc1)CC(=O)Nc1ccc(Oc2ccccc2)cc1. The summed E-state index contributed by atoms with van der Waals surface area (Å²) in [6.45, 7) is 1.15. The van der Waals surface area contributed by atoms with E-state index < -0.39 is 0 Å². The highest BCUT2D eigenvalue weighted by Crippen LogP contribution is 2.22. The lowest BCUT2D eigenvalue weighted by Gasteiger charge is -2.16. The van der Waals surface area contributed by atoms with Gasteiger partial charge in [0.25, 0.3) is 0 Å². The first kappa shape index (κ1) is 18.6. The van der Waals surface area contributed by atoms with Crippen molar-refractivity contribution in [3.63, 3.8) is 0 Å². The highest BCUT2D eigenvalue weighted by Gasteiger charge is 2.07. The lowest BCUT2D eigenvalue weighted by Crippen LogP contribution is -2.31. The second-order valence-corrected chi connectivity index (χ2v) is 6.33. The van der Waals surface area contributed by atoms with E-state index in [9.17, 15) is 4.79 Å². The number of rotatable bonds is 8. The van der Waals surface area contributed by atoms with Gasteiger partial charge < -0.3 is 10.1 Å². The Balaban J connectivity index is 1.44. The predicted octanol–water partition coefficient (Wildman–Crippen LogP) is 3.99. The van der Waals surface area contributed by atoms with E-state index in [0.717, 1.165) is 30.2 Å². The van der Waals surface area contributed by atoms with Crippen LogP contribution >= 0.6 is 0 Å². The van der Waals surface area contributed by atoms with Crippen LogP contribution in [-0.2, 0) is 11.2 Å². The molecule has 0 atom stereocenters. The van der Waals surface area contributed by atoms with Crippen LogP contribution < -0.4 is 10.1 Å². The van der Waals surface area contributed by atoms with Crippen LogP contribution in [-0.4, -0.2) is 35.9 Å². The molecular weight excluding hydrogens is 338 g/mol. The minimum absolute atomic E-state index is 0.0380. The molecule has 1 N–H and O–H groups in total.